The molecule has 0 radical (unpaired) electrons. The lowest BCUT2D eigenvalue weighted by Crippen LogP contribution is -2.36. The maximum atomic E-state index is 14.9. The highest BCUT2D eigenvalue weighted by Crippen LogP contribution is 2.46. The molecular weight excluding hydrogens is 425 g/mol. The van der Waals surface area contributed by atoms with Gasteiger partial charge in [-0.2, -0.15) is 0 Å². The van der Waals surface area contributed by atoms with Crippen LogP contribution >= 0.6 is 0 Å². The number of ether oxygens (including phenoxy) is 3. The Hall–Kier alpha value is -3.61. The second-order valence-electron chi connectivity index (χ2n) is 8.14. The summed E-state index contributed by atoms with van der Waals surface area (Å²) in [5.74, 6) is -0.918. The number of carbonyl (C=O) groups is 2. The molecule has 0 saturated heterocycles. The zero-order chi connectivity index (χ0) is 23.7. The zero-order valence-electron chi connectivity index (χ0n) is 19.0. The van der Waals surface area contributed by atoms with E-state index in [9.17, 15) is 14.0 Å². The Morgan fingerprint density at radius 3 is 2.42 bits per heavy atom. The number of methoxy groups -OCH3 is 3. The van der Waals surface area contributed by atoms with Gasteiger partial charge >= 0.3 is 5.97 Å². The number of hydrogen-bond donors (Lipinski definition) is 1. The van der Waals surface area contributed by atoms with Gasteiger partial charge in [0.25, 0.3) is 0 Å². The number of Topliss-reactive ketones (excluding diaryl/α,β-unsaturated/α-hetero) is 1. The molecule has 4 rings (SSSR count). The Morgan fingerprint density at radius 1 is 1.03 bits per heavy atom. The van der Waals surface area contributed by atoms with Gasteiger partial charge in [0, 0.05) is 29.0 Å². The molecule has 1 aliphatic heterocycles. The summed E-state index contributed by atoms with van der Waals surface area (Å²) in [6.45, 7) is 1.74. The van der Waals surface area contributed by atoms with Crippen LogP contribution < -0.4 is 14.8 Å². The van der Waals surface area contributed by atoms with Crippen molar-refractivity contribution in [3.05, 3.63) is 81.9 Å². The first-order valence-electron chi connectivity index (χ1n) is 10.7. The molecule has 7 heteroatoms. The Labute approximate surface area is 192 Å². The van der Waals surface area contributed by atoms with Crippen LogP contribution in [0.2, 0.25) is 0 Å². The molecule has 2 aromatic carbocycles. The maximum absolute atomic E-state index is 14.9. The lowest BCUT2D eigenvalue weighted by molar-refractivity contribution is -0.136. The minimum atomic E-state index is -0.825. The van der Waals surface area contributed by atoms with Crippen LogP contribution in [-0.2, 0) is 14.3 Å². The summed E-state index contributed by atoms with van der Waals surface area (Å²) in [6, 6.07) is 11.8. The van der Waals surface area contributed by atoms with E-state index < -0.39 is 17.7 Å². The number of nitrogens with one attached hydrogen (secondary N) is 1. The fourth-order valence-corrected chi connectivity index (χ4v) is 4.78. The van der Waals surface area contributed by atoms with Gasteiger partial charge in [0.05, 0.1) is 32.8 Å². The lowest BCUT2D eigenvalue weighted by atomic mass is 9.71. The number of dihydropyridines is 1. The van der Waals surface area contributed by atoms with Crippen LogP contribution in [0.1, 0.15) is 42.7 Å². The number of esters is 1. The van der Waals surface area contributed by atoms with Crippen LogP contribution in [0.3, 0.4) is 0 Å². The molecule has 2 aromatic rings. The van der Waals surface area contributed by atoms with Gasteiger partial charge in [-0.25, -0.2) is 9.18 Å². The SMILES string of the molecule is COC(=O)C1=C(C)NC2=C(C(=O)C[C@@H](c3ccc(OC)c(OC)c3)C2)[C@@H]1c1ccccc1F. The Morgan fingerprint density at radius 2 is 1.76 bits per heavy atom. The molecule has 1 aliphatic carbocycles. The summed E-state index contributed by atoms with van der Waals surface area (Å²) < 4.78 is 30.6. The molecular formula is C26H26FNO5. The third-order valence-corrected chi connectivity index (χ3v) is 6.33. The van der Waals surface area contributed by atoms with Crippen molar-refractivity contribution >= 4 is 11.8 Å². The molecule has 6 nitrogen and oxygen atoms in total. The van der Waals surface area contributed by atoms with E-state index in [1.165, 1.54) is 13.2 Å². The standard InChI is InChI=1S/C26H26FNO5/c1-14-23(26(30)33-4)24(17-7-5-6-8-18(17)27)25-19(28-14)11-16(12-20(25)29)15-9-10-21(31-2)22(13-15)32-3/h5-10,13,16,24,28H,11-12H2,1-4H3/t16-,24+/m0/s1. The average Bonchev–Trinajstić information content (AvgIpc) is 2.82. The second kappa shape index (κ2) is 9.10. The normalized spacial score (nSPS) is 20.2. The smallest absolute Gasteiger partial charge is 0.336 e. The molecule has 0 aromatic heterocycles. The van der Waals surface area contributed by atoms with Crippen LogP contribution in [0.15, 0.2) is 65.0 Å². The molecule has 1 heterocycles. The summed E-state index contributed by atoms with van der Waals surface area (Å²) in [6.07, 6.45) is 0.766. The van der Waals surface area contributed by atoms with E-state index in [-0.39, 0.29) is 29.3 Å². The monoisotopic (exact) mass is 451 g/mol. The molecule has 172 valence electrons. The van der Waals surface area contributed by atoms with Gasteiger partial charge in [-0.3, -0.25) is 4.79 Å². The largest absolute Gasteiger partial charge is 0.493 e. The van der Waals surface area contributed by atoms with E-state index in [0.29, 0.717) is 34.9 Å². The van der Waals surface area contributed by atoms with E-state index in [0.717, 1.165) is 5.56 Å². The molecule has 2 atom stereocenters. The molecule has 0 unspecified atom stereocenters. The van der Waals surface area contributed by atoms with Crippen molar-refractivity contribution < 1.29 is 28.2 Å². The minimum absolute atomic E-state index is 0.0997. The number of benzene rings is 2. The van der Waals surface area contributed by atoms with E-state index in [4.69, 9.17) is 14.2 Å². The third kappa shape index (κ3) is 3.99. The van der Waals surface area contributed by atoms with Crippen LogP contribution in [0, 0.1) is 5.82 Å². The van der Waals surface area contributed by atoms with E-state index >= 15 is 0 Å². The molecule has 0 amide bonds. The maximum Gasteiger partial charge on any atom is 0.336 e. The fraction of sp³-hybridized carbons (Fsp3) is 0.308. The Balaban J connectivity index is 1.79. The molecule has 33 heavy (non-hydrogen) atoms. The van der Waals surface area contributed by atoms with Crippen molar-refractivity contribution in [2.75, 3.05) is 21.3 Å². The molecule has 0 spiro atoms. The van der Waals surface area contributed by atoms with Gasteiger partial charge in [0.1, 0.15) is 5.82 Å². The minimum Gasteiger partial charge on any atom is -0.493 e. The average molecular weight is 451 g/mol. The Bertz CT molecular complexity index is 1180. The fourth-order valence-electron chi connectivity index (χ4n) is 4.78. The predicted molar refractivity (Wildman–Crippen MR) is 121 cm³/mol. The van der Waals surface area contributed by atoms with Crippen LogP contribution in [0.5, 0.6) is 11.5 Å². The Kier molecular flexibility index (Phi) is 6.22. The number of allylic oxidation sites excluding steroid dienone is 3. The highest BCUT2D eigenvalue weighted by molar-refractivity contribution is 6.04. The van der Waals surface area contributed by atoms with Crippen molar-refractivity contribution in [1.29, 1.82) is 0 Å². The quantitative estimate of drug-likeness (QED) is 0.681. The predicted octanol–water partition coefficient (Wildman–Crippen LogP) is 4.38. The summed E-state index contributed by atoms with van der Waals surface area (Å²) in [4.78, 5) is 26.2. The van der Waals surface area contributed by atoms with Crippen LogP contribution in [0.4, 0.5) is 4.39 Å². The molecule has 2 aliphatic rings. The van der Waals surface area contributed by atoms with Crippen molar-refractivity contribution in [2.24, 2.45) is 0 Å². The number of hydrogen-bond acceptors (Lipinski definition) is 6. The second-order valence-corrected chi connectivity index (χ2v) is 8.14. The topological polar surface area (TPSA) is 73.9 Å². The van der Waals surface area contributed by atoms with Gasteiger partial charge in [-0.1, -0.05) is 24.3 Å². The first kappa shape index (κ1) is 22.6. The third-order valence-electron chi connectivity index (χ3n) is 6.33. The summed E-state index contributed by atoms with van der Waals surface area (Å²) in [5.41, 5.74) is 3.14. The van der Waals surface area contributed by atoms with Crippen LogP contribution in [-0.4, -0.2) is 33.1 Å². The van der Waals surface area contributed by atoms with Crippen molar-refractivity contribution in [1.82, 2.24) is 5.32 Å². The zero-order valence-corrected chi connectivity index (χ0v) is 19.0. The van der Waals surface area contributed by atoms with E-state index in [1.807, 2.05) is 18.2 Å². The van der Waals surface area contributed by atoms with Crippen molar-refractivity contribution in [2.45, 2.75) is 31.6 Å². The van der Waals surface area contributed by atoms with E-state index in [1.54, 1.807) is 39.3 Å². The molecule has 0 fully saturated rings. The van der Waals surface area contributed by atoms with Gasteiger partial charge in [-0.15, -0.1) is 0 Å². The van der Waals surface area contributed by atoms with Crippen LogP contribution in [0.25, 0.3) is 0 Å². The van der Waals surface area contributed by atoms with E-state index in [2.05, 4.69) is 5.32 Å². The highest BCUT2D eigenvalue weighted by atomic mass is 19.1. The van der Waals surface area contributed by atoms with Crippen molar-refractivity contribution in [3.63, 3.8) is 0 Å². The number of halogens is 1. The van der Waals surface area contributed by atoms with Crippen molar-refractivity contribution in [3.8, 4) is 11.5 Å². The first-order valence-corrected chi connectivity index (χ1v) is 10.7. The molecule has 1 N–H and O–H groups in total. The lowest BCUT2D eigenvalue weighted by Gasteiger charge is -2.36. The number of carbonyl (C=O) groups excluding carboxylic acids is 2. The van der Waals surface area contributed by atoms with Gasteiger partial charge in [0.15, 0.2) is 17.3 Å². The van der Waals surface area contributed by atoms with Gasteiger partial charge < -0.3 is 19.5 Å². The molecule has 0 bridgehead atoms. The summed E-state index contributed by atoms with van der Waals surface area (Å²) in [7, 11) is 4.42. The number of ketones is 1. The number of rotatable bonds is 5. The summed E-state index contributed by atoms with van der Waals surface area (Å²) >= 11 is 0. The van der Waals surface area contributed by atoms with Gasteiger partial charge in [0.2, 0.25) is 0 Å². The first-order chi connectivity index (χ1) is 15.9. The highest BCUT2D eigenvalue weighted by Gasteiger charge is 2.42. The summed E-state index contributed by atoms with van der Waals surface area (Å²) in [5, 5.41) is 3.24. The molecule has 0 saturated carbocycles. The van der Waals surface area contributed by atoms with Gasteiger partial charge in [-0.05, 0) is 43.0 Å².